The molecule has 0 aliphatic carbocycles. The van der Waals surface area contributed by atoms with E-state index < -0.39 is 12.1 Å². The predicted octanol–water partition coefficient (Wildman–Crippen LogP) is 3.84. The van der Waals surface area contributed by atoms with Gasteiger partial charge in [0.1, 0.15) is 5.75 Å². The number of hydrogen-bond donors (Lipinski definition) is 1. The summed E-state index contributed by atoms with van der Waals surface area (Å²) in [4.78, 5) is 23.9. The maximum absolute atomic E-state index is 12.3. The minimum atomic E-state index is -0.715. The van der Waals surface area contributed by atoms with E-state index in [9.17, 15) is 9.59 Å². The Labute approximate surface area is 145 Å². The van der Waals surface area contributed by atoms with Crippen LogP contribution in [-0.4, -0.2) is 25.1 Å². The van der Waals surface area contributed by atoms with E-state index in [-0.39, 0.29) is 5.91 Å². The van der Waals surface area contributed by atoms with E-state index in [2.05, 4.69) is 10.1 Å². The van der Waals surface area contributed by atoms with Gasteiger partial charge in [0, 0.05) is 10.7 Å². The fraction of sp³-hybridized carbons (Fsp3) is 0.222. The van der Waals surface area contributed by atoms with Crippen molar-refractivity contribution in [3.63, 3.8) is 0 Å². The number of esters is 1. The molecule has 0 fully saturated rings. The number of carbonyl (C=O) groups excluding carboxylic acids is 2. The molecule has 0 aromatic heterocycles. The Morgan fingerprint density at radius 2 is 1.79 bits per heavy atom. The highest BCUT2D eigenvalue weighted by atomic mass is 35.5. The van der Waals surface area contributed by atoms with Gasteiger partial charge < -0.3 is 14.8 Å². The summed E-state index contributed by atoms with van der Waals surface area (Å²) in [5.41, 5.74) is 1.73. The highest BCUT2D eigenvalue weighted by Gasteiger charge is 2.17. The minimum Gasteiger partial charge on any atom is -0.481 e. The number of rotatable bonds is 5. The van der Waals surface area contributed by atoms with Gasteiger partial charge in [-0.1, -0.05) is 17.7 Å². The second-order valence-corrected chi connectivity index (χ2v) is 5.66. The van der Waals surface area contributed by atoms with Crippen LogP contribution < -0.4 is 10.1 Å². The van der Waals surface area contributed by atoms with Crippen molar-refractivity contribution >= 4 is 29.2 Å². The maximum Gasteiger partial charge on any atom is 0.337 e. The highest BCUT2D eigenvalue weighted by Crippen LogP contribution is 2.20. The van der Waals surface area contributed by atoms with E-state index >= 15 is 0 Å². The third kappa shape index (κ3) is 4.49. The molecular weight excluding hydrogens is 330 g/mol. The Morgan fingerprint density at radius 1 is 1.12 bits per heavy atom. The molecule has 24 heavy (non-hydrogen) atoms. The lowest BCUT2D eigenvalue weighted by Gasteiger charge is -2.16. The van der Waals surface area contributed by atoms with Gasteiger partial charge in [0.25, 0.3) is 5.91 Å². The molecular formula is C18H18ClNO4. The van der Waals surface area contributed by atoms with Crippen LogP contribution >= 0.6 is 11.6 Å². The van der Waals surface area contributed by atoms with Crippen LogP contribution in [0.25, 0.3) is 0 Å². The Balaban J connectivity index is 2.08. The van der Waals surface area contributed by atoms with Crippen molar-refractivity contribution in [3.8, 4) is 5.75 Å². The van der Waals surface area contributed by atoms with E-state index in [4.69, 9.17) is 16.3 Å². The first kappa shape index (κ1) is 17.8. The molecule has 2 aromatic rings. The van der Waals surface area contributed by atoms with E-state index in [0.717, 1.165) is 5.56 Å². The summed E-state index contributed by atoms with van der Waals surface area (Å²) in [7, 11) is 1.31. The largest absolute Gasteiger partial charge is 0.481 e. The quantitative estimate of drug-likeness (QED) is 0.834. The third-order valence-corrected chi connectivity index (χ3v) is 3.66. The average molecular weight is 348 g/mol. The Morgan fingerprint density at radius 3 is 2.42 bits per heavy atom. The van der Waals surface area contributed by atoms with Crippen molar-refractivity contribution in [1.29, 1.82) is 0 Å². The summed E-state index contributed by atoms with van der Waals surface area (Å²) in [5, 5.41) is 3.36. The number of anilines is 1. The van der Waals surface area contributed by atoms with Crippen molar-refractivity contribution in [1.82, 2.24) is 0 Å². The summed E-state index contributed by atoms with van der Waals surface area (Å²) < 4.78 is 10.3. The molecule has 0 aliphatic heterocycles. The topological polar surface area (TPSA) is 64.6 Å². The molecule has 2 aromatic carbocycles. The zero-order valence-electron chi connectivity index (χ0n) is 13.6. The third-order valence-electron chi connectivity index (χ3n) is 3.41. The molecule has 0 saturated carbocycles. The Kier molecular flexibility index (Phi) is 5.82. The van der Waals surface area contributed by atoms with Crippen LogP contribution in [0, 0.1) is 6.92 Å². The van der Waals surface area contributed by atoms with Crippen molar-refractivity contribution in [2.45, 2.75) is 20.0 Å². The van der Waals surface area contributed by atoms with Gasteiger partial charge in [-0.25, -0.2) is 4.79 Å². The second-order valence-electron chi connectivity index (χ2n) is 5.22. The average Bonchev–Trinajstić information content (AvgIpc) is 2.58. The van der Waals surface area contributed by atoms with Crippen LogP contribution in [0.1, 0.15) is 22.8 Å². The molecule has 0 spiro atoms. The van der Waals surface area contributed by atoms with Gasteiger partial charge in [-0.15, -0.1) is 0 Å². The smallest absolute Gasteiger partial charge is 0.337 e. The zero-order valence-corrected chi connectivity index (χ0v) is 14.4. The molecule has 0 saturated heterocycles. The first-order chi connectivity index (χ1) is 11.4. The van der Waals surface area contributed by atoms with E-state index in [1.54, 1.807) is 49.4 Å². The van der Waals surface area contributed by atoms with Crippen LogP contribution in [0.2, 0.25) is 5.02 Å². The van der Waals surface area contributed by atoms with Gasteiger partial charge in [-0.3, -0.25) is 4.79 Å². The van der Waals surface area contributed by atoms with Gasteiger partial charge in [-0.05, 0) is 55.8 Å². The lowest BCUT2D eigenvalue weighted by Crippen LogP contribution is -2.30. The summed E-state index contributed by atoms with van der Waals surface area (Å²) in [6, 6.07) is 11.7. The maximum atomic E-state index is 12.3. The van der Waals surface area contributed by atoms with Gasteiger partial charge >= 0.3 is 5.97 Å². The number of methoxy groups -OCH3 is 1. The Bertz CT molecular complexity index is 743. The molecule has 1 atom stereocenters. The number of carbonyl (C=O) groups is 2. The van der Waals surface area contributed by atoms with Crippen molar-refractivity contribution in [2.75, 3.05) is 12.4 Å². The number of ether oxygens (including phenoxy) is 2. The first-order valence-corrected chi connectivity index (χ1v) is 7.70. The number of benzene rings is 2. The van der Waals surface area contributed by atoms with Crippen molar-refractivity contribution in [3.05, 3.63) is 58.6 Å². The van der Waals surface area contributed by atoms with E-state index in [0.29, 0.717) is 22.0 Å². The number of hydrogen-bond acceptors (Lipinski definition) is 4. The second kappa shape index (κ2) is 7.84. The lowest BCUT2D eigenvalue weighted by atomic mass is 10.1. The molecule has 0 bridgehead atoms. The number of halogens is 1. The van der Waals surface area contributed by atoms with E-state index in [1.165, 1.54) is 7.11 Å². The standard InChI is InChI=1S/C18H18ClNO4/c1-11-4-5-13(18(22)23-3)10-16(11)20-17(21)12(2)24-15-8-6-14(19)7-9-15/h4-10,12H,1-3H3,(H,20,21)/t12-/m0/s1. The van der Waals surface area contributed by atoms with Crippen LogP contribution in [-0.2, 0) is 9.53 Å². The van der Waals surface area contributed by atoms with Gasteiger partial charge in [0.15, 0.2) is 6.10 Å². The number of aryl methyl sites for hydroxylation is 1. The molecule has 2 rings (SSSR count). The zero-order chi connectivity index (χ0) is 17.7. The summed E-state index contributed by atoms with van der Waals surface area (Å²) in [6.07, 6.45) is -0.715. The van der Waals surface area contributed by atoms with E-state index in [1.807, 2.05) is 6.92 Å². The SMILES string of the molecule is COC(=O)c1ccc(C)c(NC(=O)[C@H](C)Oc2ccc(Cl)cc2)c1. The Hall–Kier alpha value is -2.53. The molecule has 6 heteroatoms. The van der Waals surface area contributed by atoms with Crippen molar-refractivity contribution < 1.29 is 19.1 Å². The summed E-state index contributed by atoms with van der Waals surface area (Å²) in [6.45, 7) is 3.48. The first-order valence-electron chi connectivity index (χ1n) is 7.32. The minimum absolute atomic E-state index is 0.324. The van der Waals surface area contributed by atoms with Crippen molar-refractivity contribution in [2.24, 2.45) is 0 Å². The van der Waals surface area contributed by atoms with Crippen LogP contribution in [0.5, 0.6) is 5.75 Å². The molecule has 1 amide bonds. The lowest BCUT2D eigenvalue weighted by molar-refractivity contribution is -0.122. The van der Waals surface area contributed by atoms with Crippen LogP contribution in [0.15, 0.2) is 42.5 Å². The summed E-state index contributed by atoms with van der Waals surface area (Å²) >= 11 is 5.82. The fourth-order valence-electron chi connectivity index (χ4n) is 2.01. The number of amides is 1. The molecule has 0 heterocycles. The predicted molar refractivity (Wildman–Crippen MR) is 92.7 cm³/mol. The molecule has 0 aliphatic rings. The van der Waals surface area contributed by atoms with Gasteiger partial charge in [-0.2, -0.15) is 0 Å². The molecule has 5 nitrogen and oxygen atoms in total. The normalized spacial score (nSPS) is 11.5. The fourth-order valence-corrected chi connectivity index (χ4v) is 2.13. The molecule has 0 unspecified atom stereocenters. The monoisotopic (exact) mass is 347 g/mol. The molecule has 1 N–H and O–H groups in total. The molecule has 0 radical (unpaired) electrons. The molecule has 126 valence electrons. The van der Waals surface area contributed by atoms with Crippen LogP contribution in [0.3, 0.4) is 0 Å². The highest BCUT2D eigenvalue weighted by molar-refractivity contribution is 6.30. The van der Waals surface area contributed by atoms with Crippen LogP contribution in [0.4, 0.5) is 5.69 Å². The van der Waals surface area contributed by atoms with Gasteiger partial charge in [0.2, 0.25) is 0 Å². The summed E-state index contributed by atoms with van der Waals surface area (Å²) in [5.74, 6) is -0.242. The number of nitrogens with one attached hydrogen (secondary N) is 1. The van der Waals surface area contributed by atoms with Gasteiger partial charge in [0.05, 0.1) is 12.7 Å².